The molecule has 3 nitrogen and oxygen atoms in total. The predicted molar refractivity (Wildman–Crippen MR) is 62.2 cm³/mol. The third kappa shape index (κ3) is 1.64. The molecule has 0 spiro atoms. The number of benzene rings is 1. The van der Waals surface area contributed by atoms with Crippen LogP contribution in [0.2, 0.25) is 5.02 Å². The molecule has 2 N–H and O–H groups in total. The zero-order valence-electron chi connectivity index (χ0n) is 9.38. The number of halogens is 1. The molecule has 2 rings (SSSR count). The Morgan fingerprint density at radius 3 is 2.56 bits per heavy atom. The van der Waals surface area contributed by atoms with Crippen molar-refractivity contribution in [3.05, 3.63) is 22.2 Å². The third-order valence-electron chi connectivity index (χ3n) is 3.08. The molecule has 0 amide bonds. The SMILES string of the molecule is CCc1cc(C2(O)CC2)c(O)c(Cl)c1OC. The Hall–Kier alpha value is -0.930. The molecule has 1 aromatic carbocycles. The lowest BCUT2D eigenvalue weighted by molar-refractivity contribution is 0.147. The molecule has 1 aliphatic carbocycles. The van der Waals surface area contributed by atoms with Crippen LogP contribution in [-0.2, 0) is 12.0 Å². The normalized spacial score (nSPS) is 17.2. The van der Waals surface area contributed by atoms with Crippen LogP contribution in [0.5, 0.6) is 11.5 Å². The summed E-state index contributed by atoms with van der Waals surface area (Å²) in [6, 6.07) is 1.78. The number of hydrogen-bond donors (Lipinski definition) is 2. The minimum Gasteiger partial charge on any atom is -0.506 e. The second-order valence-electron chi connectivity index (χ2n) is 4.16. The summed E-state index contributed by atoms with van der Waals surface area (Å²) < 4.78 is 5.16. The first-order chi connectivity index (χ1) is 7.53. The van der Waals surface area contributed by atoms with Gasteiger partial charge in [-0.15, -0.1) is 0 Å². The van der Waals surface area contributed by atoms with Gasteiger partial charge in [-0.1, -0.05) is 18.5 Å². The van der Waals surface area contributed by atoms with Crippen LogP contribution in [0.1, 0.15) is 30.9 Å². The quantitative estimate of drug-likeness (QED) is 0.857. The van der Waals surface area contributed by atoms with Crippen LogP contribution < -0.4 is 4.74 Å². The molecule has 16 heavy (non-hydrogen) atoms. The highest BCUT2D eigenvalue weighted by molar-refractivity contribution is 6.33. The Balaban J connectivity index is 2.60. The van der Waals surface area contributed by atoms with Crippen LogP contribution in [-0.4, -0.2) is 17.3 Å². The summed E-state index contributed by atoms with van der Waals surface area (Å²) in [6.45, 7) is 1.98. The highest BCUT2D eigenvalue weighted by Gasteiger charge is 2.45. The fraction of sp³-hybridized carbons (Fsp3) is 0.500. The van der Waals surface area contributed by atoms with E-state index >= 15 is 0 Å². The monoisotopic (exact) mass is 242 g/mol. The summed E-state index contributed by atoms with van der Waals surface area (Å²) in [5.74, 6) is 0.436. The molecule has 4 heteroatoms. The lowest BCUT2D eigenvalue weighted by Crippen LogP contribution is -2.07. The lowest BCUT2D eigenvalue weighted by Gasteiger charge is -2.17. The topological polar surface area (TPSA) is 49.7 Å². The van der Waals surface area contributed by atoms with Gasteiger partial charge in [0.25, 0.3) is 0 Å². The summed E-state index contributed by atoms with van der Waals surface area (Å²) in [7, 11) is 1.52. The van der Waals surface area contributed by atoms with Gasteiger partial charge in [0.05, 0.1) is 12.7 Å². The predicted octanol–water partition coefficient (Wildman–Crippen LogP) is 2.60. The van der Waals surface area contributed by atoms with Gasteiger partial charge < -0.3 is 14.9 Å². The number of aliphatic hydroxyl groups is 1. The molecule has 0 unspecified atom stereocenters. The van der Waals surface area contributed by atoms with Gasteiger partial charge in [0.1, 0.15) is 16.5 Å². The molecule has 0 aliphatic heterocycles. The van der Waals surface area contributed by atoms with E-state index in [0.717, 1.165) is 12.0 Å². The van der Waals surface area contributed by atoms with Crippen LogP contribution in [0, 0.1) is 0 Å². The molecule has 0 bridgehead atoms. The van der Waals surface area contributed by atoms with Crippen molar-refractivity contribution in [3.8, 4) is 11.5 Å². The van der Waals surface area contributed by atoms with E-state index in [1.807, 2.05) is 6.92 Å². The second-order valence-corrected chi connectivity index (χ2v) is 4.54. The van der Waals surface area contributed by atoms with E-state index in [9.17, 15) is 10.2 Å². The number of phenols is 1. The number of hydrogen-bond acceptors (Lipinski definition) is 3. The summed E-state index contributed by atoms with van der Waals surface area (Å²) in [5.41, 5.74) is 0.542. The number of rotatable bonds is 3. The summed E-state index contributed by atoms with van der Waals surface area (Å²) in [6.07, 6.45) is 2.09. The molecule has 0 atom stereocenters. The average Bonchev–Trinajstić information content (AvgIpc) is 3.01. The standard InChI is InChI=1S/C12H15ClO3/c1-3-7-6-8(12(15)4-5-12)10(14)9(13)11(7)16-2/h6,14-15H,3-5H2,1-2H3. The molecule has 88 valence electrons. The highest BCUT2D eigenvalue weighted by atomic mass is 35.5. The van der Waals surface area contributed by atoms with Crippen molar-refractivity contribution < 1.29 is 14.9 Å². The summed E-state index contributed by atoms with van der Waals surface area (Å²) in [5, 5.41) is 20.2. The highest BCUT2D eigenvalue weighted by Crippen LogP contribution is 2.52. The summed E-state index contributed by atoms with van der Waals surface area (Å²) in [4.78, 5) is 0. The Bertz CT molecular complexity index is 425. The van der Waals surface area contributed by atoms with E-state index in [2.05, 4.69) is 0 Å². The molecule has 1 saturated carbocycles. The van der Waals surface area contributed by atoms with Crippen LogP contribution in [0.4, 0.5) is 0 Å². The van der Waals surface area contributed by atoms with Crippen molar-refractivity contribution >= 4 is 11.6 Å². The van der Waals surface area contributed by atoms with Crippen molar-refractivity contribution in [2.75, 3.05) is 7.11 Å². The molecule has 1 aromatic rings. The van der Waals surface area contributed by atoms with Crippen molar-refractivity contribution in [1.82, 2.24) is 0 Å². The maximum Gasteiger partial charge on any atom is 0.144 e. The van der Waals surface area contributed by atoms with E-state index < -0.39 is 5.60 Å². The smallest absolute Gasteiger partial charge is 0.144 e. The number of methoxy groups -OCH3 is 1. The zero-order chi connectivity index (χ0) is 11.9. The number of aryl methyl sites for hydroxylation is 1. The van der Waals surface area contributed by atoms with Crippen LogP contribution in [0.3, 0.4) is 0 Å². The van der Waals surface area contributed by atoms with Crippen molar-refractivity contribution in [2.24, 2.45) is 0 Å². The van der Waals surface area contributed by atoms with Gasteiger partial charge in [0, 0.05) is 5.56 Å². The molecule has 0 radical (unpaired) electrons. The number of ether oxygens (including phenoxy) is 1. The Labute approximate surface area is 99.6 Å². The van der Waals surface area contributed by atoms with E-state index in [0.29, 0.717) is 24.2 Å². The average molecular weight is 243 g/mol. The lowest BCUT2D eigenvalue weighted by atomic mass is 10.0. The van der Waals surface area contributed by atoms with Gasteiger partial charge >= 0.3 is 0 Å². The van der Waals surface area contributed by atoms with Gasteiger partial charge in [-0.05, 0) is 30.9 Å². The first kappa shape index (κ1) is 11.6. The molecular formula is C12H15ClO3. The van der Waals surface area contributed by atoms with Gasteiger partial charge in [0.15, 0.2) is 0 Å². The van der Waals surface area contributed by atoms with Gasteiger partial charge in [0.2, 0.25) is 0 Å². The maximum atomic E-state index is 10.0. The second kappa shape index (κ2) is 3.82. The molecule has 0 saturated heterocycles. The van der Waals surface area contributed by atoms with E-state index in [4.69, 9.17) is 16.3 Å². The van der Waals surface area contributed by atoms with Crippen molar-refractivity contribution in [1.29, 1.82) is 0 Å². The van der Waals surface area contributed by atoms with Gasteiger partial charge in [-0.2, -0.15) is 0 Å². The van der Waals surface area contributed by atoms with E-state index in [1.54, 1.807) is 6.07 Å². The largest absolute Gasteiger partial charge is 0.506 e. The molecule has 0 aromatic heterocycles. The zero-order valence-corrected chi connectivity index (χ0v) is 10.1. The van der Waals surface area contributed by atoms with Crippen LogP contribution in [0.25, 0.3) is 0 Å². The van der Waals surface area contributed by atoms with E-state index in [-0.39, 0.29) is 10.8 Å². The molecular weight excluding hydrogens is 228 g/mol. The fourth-order valence-corrected chi connectivity index (χ4v) is 2.20. The Kier molecular flexibility index (Phi) is 2.76. The maximum absolute atomic E-state index is 10.0. The Morgan fingerprint density at radius 1 is 1.50 bits per heavy atom. The molecule has 1 aliphatic rings. The van der Waals surface area contributed by atoms with Crippen molar-refractivity contribution in [3.63, 3.8) is 0 Å². The van der Waals surface area contributed by atoms with Crippen molar-refractivity contribution in [2.45, 2.75) is 31.8 Å². The first-order valence-corrected chi connectivity index (χ1v) is 5.72. The first-order valence-electron chi connectivity index (χ1n) is 5.34. The number of phenolic OH excluding ortho intramolecular Hbond substituents is 1. The minimum atomic E-state index is -0.885. The van der Waals surface area contributed by atoms with Crippen LogP contribution >= 0.6 is 11.6 Å². The van der Waals surface area contributed by atoms with E-state index in [1.165, 1.54) is 7.11 Å². The fourth-order valence-electron chi connectivity index (χ4n) is 1.90. The van der Waals surface area contributed by atoms with Gasteiger partial charge in [-0.25, -0.2) is 0 Å². The molecule has 1 fully saturated rings. The number of aromatic hydroxyl groups is 1. The van der Waals surface area contributed by atoms with Gasteiger partial charge in [-0.3, -0.25) is 0 Å². The third-order valence-corrected chi connectivity index (χ3v) is 3.43. The van der Waals surface area contributed by atoms with Crippen LogP contribution in [0.15, 0.2) is 6.07 Å². The minimum absolute atomic E-state index is 0.0595. The Morgan fingerprint density at radius 2 is 2.12 bits per heavy atom. The molecule has 0 heterocycles. The summed E-state index contributed by atoms with van der Waals surface area (Å²) >= 11 is 6.03.